The zero-order valence-electron chi connectivity index (χ0n) is 15.8. The number of dihydropyridines is 1. The number of thiazole rings is 1. The van der Waals surface area contributed by atoms with Crippen LogP contribution in [-0.2, 0) is 19.1 Å². The average molecular weight is 386 g/mol. The maximum Gasteiger partial charge on any atom is 0.336 e. The lowest BCUT2D eigenvalue weighted by atomic mass is 9.86. The summed E-state index contributed by atoms with van der Waals surface area (Å²) in [6.45, 7) is 7.61. The van der Waals surface area contributed by atoms with Crippen molar-refractivity contribution in [1.82, 2.24) is 10.3 Å². The fourth-order valence-corrected chi connectivity index (χ4v) is 4.30. The molecule has 0 bridgehead atoms. The minimum atomic E-state index is -0.623. The fourth-order valence-electron chi connectivity index (χ4n) is 3.21. The zero-order valence-corrected chi connectivity index (χ0v) is 16.6. The lowest BCUT2D eigenvalue weighted by molar-refractivity contribution is -0.139. The lowest BCUT2D eigenvalue weighted by Gasteiger charge is -2.28. The smallest absolute Gasteiger partial charge is 0.336 e. The topological polar surface area (TPSA) is 77.5 Å². The second-order valence-electron chi connectivity index (χ2n) is 6.10. The molecule has 27 heavy (non-hydrogen) atoms. The minimum Gasteiger partial charge on any atom is -0.463 e. The number of aromatic nitrogens is 1. The normalized spacial score (nSPS) is 15.1. The van der Waals surface area contributed by atoms with Gasteiger partial charge in [-0.15, -0.1) is 11.3 Å². The van der Waals surface area contributed by atoms with Crippen LogP contribution in [0, 0.1) is 0 Å². The van der Waals surface area contributed by atoms with E-state index in [0.29, 0.717) is 27.5 Å². The Labute approximate surface area is 161 Å². The van der Waals surface area contributed by atoms with Crippen molar-refractivity contribution in [3.63, 3.8) is 0 Å². The first-order valence-corrected chi connectivity index (χ1v) is 9.67. The molecule has 0 atom stereocenters. The molecule has 0 saturated heterocycles. The zero-order chi connectivity index (χ0) is 19.6. The monoisotopic (exact) mass is 386 g/mol. The Bertz CT molecular complexity index is 885. The Hall–Kier alpha value is -2.67. The van der Waals surface area contributed by atoms with E-state index in [1.54, 1.807) is 27.7 Å². The van der Waals surface area contributed by atoms with Gasteiger partial charge >= 0.3 is 11.9 Å². The lowest BCUT2D eigenvalue weighted by Crippen LogP contribution is -2.32. The quantitative estimate of drug-likeness (QED) is 0.790. The van der Waals surface area contributed by atoms with Crippen molar-refractivity contribution in [3.05, 3.63) is 51.8 Å². The molecule has 0 saturated carbocycles. The number of ether oxygens (including phenoxy) is 2. The van der Waals surface area contributed by atoms with Crippen molar-refractivity contribution in [2.24, 2.45) is 0 Å². The molecule has 0 spiro atoms. The highest BCUT2D eigenvalue weighted by Crippen LogP contribution is 2.42. The van der Waals surface area contributed by atoms with Gasteiger partial charge in [-0.1, -0.05) is 12.1 Å². The van der Waals surface area contributed by atoms with Gasteiger partial charge in [-0.05, 0) is 39.8 Å². The van der Waals surface area contributed by atoms with Crippen LogP contribution in [-0.4, -0.2) is 30.1 Å². The van der Waals surface area contributed by atoms with Crippen LogP contribution in [0.25, 0.3) is 10.2 Å². The standard InChI is InChI=1S/C20H22N2O4S/c1-5-25-19(23)15-11(3)21-12(4)16(20(24)26-6-2)17(15)18-22-13-9-7-8-10-14(13)27-18/h7-10,17,21H,5-6H2,1-4H3. The van der Waals surface area contributed by atoms with Crippen molar-refractivity contribution in [1.29, 1.82) is 0 Å². The van der Waals surface area contributed by atoms with Gasteiger partial charge < -0.3 is 14.8 Å². The number of nitrogens with one attached hydrogen (secondary N) is 1. The second-order valence-corrected chi connectivity index (χ2v) is 7.16. The third kappa shape index (κ3) is 3.60. The summed E-state index contributed by atoms with van der Waals surface area (Å²) in [5, 5.41) is 3.79. The summed E-state index contributed by atoms with van der Waals surface area (Å²) in [5.74, 6) is -1.54. The van der Waals surface area contributed by atoms with E-state index in [2.05, 4.69) is 5.32 Å². The van der Waals surface area contributed by atoms with E-state index in [0.717, 1.165) is 10.2 Å². The Morgan fingerprint density at radius 2 is 1.59 bits per heavy atom. The molecule has 7 heteroatoms. The first-order valence-electron chi connectivity index (χ1n) is 8.86. The number of nitrogens with zero attached hydrogens (tertiary/aromatic N) is 1. The number of benzene rings is 1. The van der Waals surface area contributed by atoms with E-state index in [1.165, 1.54) is 11.3 Å². The Morgan fingerprint density at radius 3 is 2.11 bits per heavy atom. The van der Waals surface area contributed by atoms with Crippen LogP contribution in [0.3, 0.4) is 0 Å². The Balaban J connectivity index is 2.19. The van der Waals surface area contributed by atoms with Gasteiger partial charge in [0.05, 0.1) is 40.5 Å². The van der Waals surface area contributed by atoms with Crippen molar-refractivity contribution < 1.29 is 19.1 Å². The molecular weight excluding hydrogens is 364 g/mol. The number of carbonyl (C=O) groups excluding carboxylic acids is 2. The van der Waals surface area contributed by atoms with Crippen molar-refractivity contribution >= 4 is 33.5 Å². The largest absolute Gasteiger partial charge is 0.463 e. The highest BCUT2D eigenvalue weighted by atomic mass is 32.1. The van der Waals surface area contributed by atoms with E-state index in [4.69, 9.17) is 14.5 Å². The predicted octanol–water partition coefficient (Wildman–Crippen LogP) is 3.66. The average Bonchev–Trinajstić information content (AvgIpc) is 3.05. The van der Waals surface area contributed by atoms with E-state index >= 15 is 0 Å². The first kappa shape index (κ1) is 19.1. The number of fused-ring (bicyclic) bond motifs is 1. The summed E-state index contributed by atoms with van der Waals surface area (Å²) >= 11 is 1.46. The molecule has 0 aliphatic carbocycles. The predicted molar refractivity (Wildman–Crippen MR) is 104 cm³/mol. The molecule has 0 unspecified atom stereocenters. The molecule has 0 amide bonds. The Kier molecular flexibility index (Phi) is 5.60. The molecule has 1 aromatic heterocycles. The molecule has 1 aromatic carbocycles. The molecule has 1 N–H and O–H groups in total. The van der Waals surface area contributed by atoms with E-state index in [-0.39, 0.29) is 13.2 Å². The van der Waals surface area contributed by atoms with Gasteiger partial charge in [-0.25, -0.2) is 14.6 Å². The highest BCUT2D eigenvalue weighted by Gasteiger charge is 2.39. The minimum absolute atomic E-state index is 0.250. The molecule has 1 aliphatic rings. The first-order chi connectivity index (χ1) is 13.0. The Morgan fingerprint density at radius 1 is 1.04 bits per heavy atom. The summed E-state index contributed by atoms with van der Waals surface area (Å²) in [4.78, 5) is 30.1. The summed E-state index contributed by atoms with van der Waals surface area (Å²) in [6.07, 6.45) is 0. The summed E-state index contributed by atoms with van der Waals surface area (Å²) in [6, 6.07) is 7.73. The van der Waals surface area contributed by atoms with Gasteiger partial charge in [0.2, 0.25) is 0 Å². The van der Waals surface area contributed by atoms with Gasteiger partial charge in [0, 0.05) is 11.4 Å². The van der Waals surface area contributed by atoms with Crippen molar-refractivity contribution in [2.75, 3.05) is 13.2 Å². The number of allylic oxidation sites excluding steroid dienone is 2. The van der Waals surface area contributed by atoms with E-state index < -0.39 is 17.9 Å². The van der Waals surface area contributed by atoms with E-state index in [9.17, 15) is 9.59 Å². The third-order valence-corrected chi connectivity index (χ3v) is 5.41. The fraction of sp³-hybridized carbons (Fsp3) is 0.350. The number of hydrogen-bond acceptors (Lipinski definition) is 7. The van der Waals surface area contributed by atoms with Crippen LogP contribution in [0.5, 0.6) is 0 Å². The summed E-state index contributed by atoms with van der Waals surface area (Å²) < 4.78 is 11.5. The van der Waals surface area contributed by atoms with Gasteiger partial charge in [-0.3, -0.25) is 0 Å². The summed E-state index contributed by atoms with van der Waals surface area (Å²) in [7, 11) is 0. The van der Waals surface area contributed by atoms with Crippen LogP contribution in [0.2, 0.25) is 0 Å². The second kappa shape index (κ2) is 7.92. The van der Waals surface area contributed by atoms with Gasteiger partial charge in [-0.2, -0.15) is 0 Å². The van der Waals surface area contributed by atoms with Gasteiger partial charge in [0.15, 0.2) is 0 Å². The molecule has 142 valence electrons. The number of carbonyl (C=O) groups is 2. The van der Waals surface area contributed by atoms with Gasteiger partial charge in [0.25, 0.3) is 0 Å². The van der Waals surface area contributed by atoms with Crippen molar-refractivity contribution in [2.45, 2.75) is 33.6 Å². The maximum absolute atomic E-state index is 12.7. The van der Waals surface area contributed by atoms with Crippen LogP contribution < -0.4 is 5.32 Å². The molecule has 3 rings (SSSR count). The molecule has 0 radical (unpaired) electrons. The van der Waals surface area contributed by atoms with Crippen LogP contribution >= 0.6 is 11.3 Å². The third-order valence-electron chi connectivity index (χ3n) is 4.31. The molecule has 0 fully saturated rings. The molecule has 2 heterocycles. The number of para-hydroxylation sites is 1. The molecule has 1 aliphatic heterocycles. The van der Waals surface area contributed by atoms with Crippen molar-refractivity contribution in [3.8, 4) is 0 Å². The van der Waals surface area contributed by atoms with Crippen LogP contribution in [0.4, 0.5) is 0 Å². The highest BCUT2D eigenvalue weighted by molar-refractivity contribution is 7.18. The molecule has 6 nitrogen and oxygen atoms in total. The van der Waals surface area contributed by atoms with Crippen LogP contribution in [0.1, 0.15) is 38.6 Å². The number of hydrogen-bond donors (Lipinski definition) is 1. The van der Waals surface area contributed by atoms with Gasteiger partial charge in [0.1, 0.15) is 5.01 Å². The summed E-state index contributed by atoms with van der Waals surface area (Å²) in [5.41, 5.74) is 2.93. The SMILES string of the molecule is CCOC(=O)C1=C(C)NC(C)=C(C(=O)OCC)C1c1nc2ccccc2s1. The number of rotatable bonds is 5. The maximum atomic E-state index is 12.7. The van der Waals surface area contributed by atoms with E-state index in [1.807, 2.05) is 24.3 Å². The molecule has 2 aromatic rings. The number of esters is 2. The van der Waals surface area contributed by atoms with Crippen LogP contribution in [0.15, 0.2) is 46.8 Å². The molecular formula is C20H22N2O4S.